The van der Waals surface area contributed by atoms with Gasteiger partial charge in [-0.2, -0.15) is 0 Å². The quantitative estimate of drug-likeness (QED) is 0.743. The van der Waals surface area contributed by atoms with Crippen LogP contribution in [0.1, 0.15) is 58.8 Å². The average Bonchev–Trinajstić information content (AvgIpc) is 2.86. The first-order valence-corrected chi connectivity index (χ1v) is 8.27. The molecule has 0 spiro atoms. The van der Waals surface area contributed by atoms with Crippen LogP contribution >= 0.6 is 0 Å². The molecular weight excluding hydrogens is 220 g/mol. The predicted molar refractivity (Wildman–Crippen MR) is 76.8 cm³/mol. The molecule has 0 N–H and O–H groups in total. The van der Waals surface area contributed by atoms with Gasteiger partial charge in [0.2, 0.25) is 0 Å². The molecular formula is C16H30N2. The number of hydrogen-bond donors (Lipinski definition) is 0. The van der Waals surface area contributed by atoms with Crippen molar-refractivity contribution in [1.29, 1.82) is 0 Å². The first-order chi connectivity index (χ1) is 8.77. The normalized spacial score (nSPS) is 36.2. The van der Waals surface area contributed by atoms with Crippen LogP contribution in [0.15, 0.2) is 0 Å². The maximum atomic E-state index is 2.85. The molecule has 0 radical (unpaired) electrons. The van der Waals surface area contributed by atoms with Gasteiger partial charge in [0.15, 0.2) is 0 Å². The zero-order valence-corrected chi connectivity index (χ0v) is 12.3. The summed E-state index contributed by atoms with van der Waals surface area (Å²) in [7, 11) is 0. The second kappa shape index (κ2) is 5.50. The molecule has 0 aromatic carbocycles. The molecule has 3 aliphatic rings. The molecule has 0 bridgehead atoms. The molecule has 2 atom stereocenters. The summed E-state index contributed by atoms with van der Waals surface area (Å²) in [6, 6.07) is 2.51. The highest BCUT2D eigenvalue weighted by Crippen LogP contribution is 2.38. The third-order valence-electron chi connectivity index (χ3n) is 5.63. The number of hydrogen-bond acceptors (Lipinski definition) is 2. The van der Waals surface area contributed by atoms with Gasteiger partial charge in [-0.1, -0.05) is 19.3 Å². The van der Waals surface area contributed by atoms with Gasteiger partial charge in [-0.05, 0) is 52.0 Å². The van der Waals surface area contributed by atoms with E-state index < -0.39 is 0 Å². The topological polar surface area (TPSA) is 6.48 Å². The zero-order chi connectivity index (χ0) is 12.5. The van der Waals surface area contributed by atoms with Gasteiger partial charge in [-0.25, -0.2) is 0 Å². The second-order valence-corrected chi connectivity index (χ2v) is 6.97. The van der Waals surface area contributed by atoms with Crippen LogP contribution in [0.25, 0.3) is 0 Å². The molecule has 0 aromatic rings. The Bertz CT molecular complexity index is 268. The monoisotopic (exact) mass is 250 g/mol. The van der Waals surface area contributed by atoms with Crippen LogP contribution in [-0.4, -0.2) is 47.6 Å². The van der Waals surface area contributed by atoms with Gasteiger partial charge in [0.25, 0.3) is 0 Å². The van der Waals surface area contributed by atoms with Crippen LogP contribution in [0.5, 0.6) is 0 Å². The van der Waals surface area contributed by atoms with E-state index in [9.17, 15) is 0 Å². The molecule has 0 aromatic heterocycles. The van der Waals surface area contributed by atoms with E-state index in [0.29, 0.717) is 0 Å². The van der Waals surface area contributed by atoms with Crippen molar-refractivity contribution in [2.45, 2.75) is 76.9 Å². The highest BCUT2D eigenvalue weighted by atomic mass is 15.3. The van der Waals surface area contributed by atoms with Gasteiger partial charge in [0, 0.05) is 31.2 Å². The first kappa shape index (κ1) is 12.9. The summed E-state index contributed by atoms with van der Waals surface area (Å²) in [5, 5.41) is 0. The van der Waals surface area contributed by atoms with Crippen LogP contribution in [0.4, 0.5) is 0 Å². The van der Waals surface area contributed by atoms with Crippen LogP contribution in [-0.2, 0) is 0 Å². The smallest absolute Gasteiger partial charge is 0.0283 e. The van der Waals surface area contributed by atoms with Crippen molar-refractivity contribution in [3.05, 3.63) is 0 Å². The first-order valence-electron chi connectivity index (χ1n) is 8.27. The van der Waals surface area contributed by atoms with Crippen LogP contribution in [0, 0.1) is 5.92 Å². The molecule has 18 heavy (non-hydrogen) atoms. The summed E-state index contributed by atoms with van der Waals surface area (Å²) in [5.41, 5.74) is 0. The number of rotatable bonds is 2. The van der Waals surface area contributed by atoms with E-state index in [1.54, 1.807) is 0 Å². The molecule has 2 heterocycles. The molecule has 3 fully saturated rings. The van der Waals surface area contributed by atoms with Crippen LogP contribution in [0.3, 0.4) is 0 Å². The van der Waals surface area contributed by atoms with E-state index in [-0.39, 0.29) is 0 Å². The van der Waals surface area contributed by atoms with Crippen molar-refractivity contribution in [3.63, 3.8) is 0 Å². The van der Waals surface area contributed by atoms with E-state index >= 15 is 0 Å². The molecule has 2 nitrogen and oxygen atoms in total. The lowest BCUT2D eigenvalue weighted by Crippen LogP contribution is -2.61. The third-order valence-corrected chi connectivity index (χ3v) is 5.63. The molecule has 3 rings (SSSR count). The van der Waals surface area contributed by atoms with Gasteiger partial charge in [-0.3, -0.25) is 9.80 Å². The molecule has 0 amide bonds. The van der Waals surface area contributed by atoms with Gasteiger partial charge in [-0.15, -0.1) is 0 Å². The van der Waals surface area contributed by atoms with Crippen molar-refractivity contribution < 1.29 is 0 Å². The van der Waals surface area contributed by atoms with E-state index in [4.69, 9.17) is 0 Å². The molecule has 0 unspecified atom stereocenters. The van der Waals surface area contributed by atoms with E-state index in [1.807, 2.05) is 0 Å². The van der Waals surface area contributed by atoms with Crippen molar-refractivity contribution in [2.75, 3.05) is 19.6 Å². The fraction of sp³-hybridized carbons (Fsp3) is 1.00. The standard InChI is InChI=1S/C16H30N2/c1-13(2)18-12-11-17-10-6-9-15(17)16(18)14-7-4-3-5-8-14/h13-16H,3-12H2,1-2H3/t15-,16+/m1/s1. The summed E-state index contributed by atoms with van der Waals surface area (Å²) < 4.78 is 0. The highest BCUT2D eigenvalue weighted by molar-refractivity contribution is 4.99. The summed E-state index contributed by atoms with van der Waals surface area (Å²) in [6.07, 6.45) is 10.4. The lowest BCUT2D eigenvalue weighted by atomic mass is 9.78. The van der Waals surface area contributed by atoms with Gasteiger partial charge < -0.3 is 0 Å². The zero-order valence-electron chi connectivity index (χ0n) is 12.3. The van der Waals surface area contributed by atoms with Crippen LogP contribution < -0.4 is 0 Å². The Balaban J connectivity index is 1.78. The van der Waals surface area contributed by atoms with Crippen molar-refractivity contribution in [2.24, 2.45) is 5.92 Å². The fourth-order valence-electron chi connectivity index (χ4n) is 4.79. The Kier molecular flexibility index (Phi) is 3.95. The van der Waals surface area contributed by atoms with Gasteiger partial charge >= 0.3 is 0 Å². The Morgan fingerprint density at radius 1 is 0.833 bits per heavy atom. The highest BCUT2D eigenvalue weighted by Gasteiger charge is 2.43. The Morgan fingerprint density at radius 2 is 1.61 bits per heavy atom. The Morgan fingerprint density at radius 3 is 2.33 bits per heavy atom. The lowest BCUT2D eigenvalue weighted by Gasteiger charge is -2.50. The third kappa shape index (κ3) is 2.34. The fourth-order valence-corrected chi connectivity index (χ4v) is 4.79. The van der Waals surface area contributed by atoms with Crippen molar-refractivity contribution in [3.8, 4) is 0 Å². The summed E-state index contributed by atoms with van der Waals surface area (Å²) >= 11 is 0. The minimum atomic E-state index is 0.736. The number of piperazine rings is 1. The molecule has 2 saturated heterocycles. The number of fused-ring (bicyclic) bond motifs is 1. The van der Waals surface area contributed by atoms with Gasteiger partial charge in [0.1, 0.15) is 0 Å². The molecule has 2 heteroatoms. The minimum Gasteiger partial charge on any atom is -0.298 e. The Hall–Kier alpha value is -0.0800. The van der Waals surface area contributed by atoms with Crippen LogP contribution in [0.2, 0.25) is 0 Å². The van der Waals surface area contributed by atoms with E-state index in [0.717, 1.165) is 24.0 Å². The maximum Gasteiger partial charge on any atom is 0.0283 e. The van der Waals surface area contributed by atoms with E-state index in [1.165, 1.54) is 64.6 Å². The summed E-state index contributed by atoms with van der Waals surface area (Å²) in [4.78, 5) is 5.65. The minimum absolute atomic E-state index is 0.736. The maximum absolute atomic E-state index is 2.85. The molecule has 2 aliphatic heterocycles. The van der Waals surface area contributed by atoms with Crippen molar-refractivity contribution in [1.82, 2.24) is 9.80 Å². The predicted octanol–water partition coefficient (Wildman–Crippen LogP) is 3.12. The van der Waals surface area contributed by atoms with Crippen molar-refractivity contribution >= 4 is 0 Å². The summed E-state index contributed by atoms with van der Waals surface area (Å²) in [6.45, 7) is 8.82. The lowest BCUT2D eigenvalue weighted by molar-refractivity contribution is -0.0162. The number of nitrogens with zero attached hydrogens (tertiary/aromatic N) is 2. The molecule has 1 aliphatic carbocycles. The Labute approximate surface area is 113 Å². The summed E-state index contributed by atoms with van der Waals surface area (Å²) in [5.74, 6) is 0.993. The molecule has 1 saturated carbocycles. The van der Waals surface area contributed by atoms with Gasteiger partial charge in [0.05, 0.1) is 0 Å². The second-order valence-electron chi connectivity index (χ2n) is 6.97. The SMILES string of the molecule is CC(C)N1CCN2CCC[C@@H]2[C@@H]1C1CCCCC1. The average molecular weight is 250 g/mol. The molecule has 104 valence electrons. The van der Waals surface area contributed by atoms with E-state index in [2.05, 4.69) is 23.6 Å². The largest absolute Gasteiger partial charge is 0.298 e.